The Labute approximate surface area is 133 Å². The number of carbonyl (C=O) groups is 2. The lowest BCUT2D eigenvalue weighted by Crippen LogP contribution is -2.37. The zero-order valence-corrected chi connectivity index (χ0v) is 13.5. The number of piperidine rings is 1. The summed E-state index contributed by atoms with van der Waals surface area (Å²) >= 11 is 0. The summed E-state index contributed by atoms with van der Waals surface area (Å²) in [5.41, 5.74) is 0.293. The van der Waals surface area contributed by atoms with Crippen molar-refractivity contribution >= 4 is 11.8 Å². The molecule has 1 saturated heterocycles. The van der Waals surface area contributed by atoms with Gasteiger partial charge in [-0.3, -0.25) is 9.59 Å². The first-order valence-corrected chi connectivity index (χ1v) is 8.95. The molecule has 124 valence electrons. The van der Waals surface area contributed by atoms with Crippen LogP contribution < -0.4 is 16.0 Å². The van der Waals surface area contributed by atoms with Crippen molar-refractivity contribution in [3.63, 3.8) is 0 Å². The zero-order chi connectivity index (χ0) is 15.4. The lowest BCUT2D eigenvalue weighted by molar-refractivity contribution is -0.124. The molecule has 0 aromatic carbocycles. The van der Waals surface area contributed by atoms with Gasteiger partial charge in [-0.2, -0.15) is 0 Å². The van der Waals surface area contributed by atoms with Gasteiger partial charge < -0.3 is 16.0 Å². The molecule has 3 aliphatic rings. The molecule has 22 heavy (non-hydrogen) atoms. The van der Waals surface area contributed by atoms with Crippen LogP contribution in [-0.2, 0) is 9.59 Å². The van der Waals surface area contributed by atoms with E-state index in [-0.39, 0.29) is 17.7 Å². The Morgan fingerprint density at radius 2 is 1.73 bits per heavy atom. The van der Waals surface area contributed by atoms with Gasteiger partial charge in [-0.15, -0.1) is 0 Å². The van der Waals surface area contributed by atoms with Crippen molar-refractivity contribution in [3.05, 3.63) is 0 Å². The quantitative estimate of drug-likeness (QED) is 0.646. The molecule has 5 nitrogen and oxygen atoms in total. The van der Waals surface area contributed by atoms with Crippen molar-refractivity contribution in [2.75, 3.05) is 26.2 Å². The van der Waals surface area contributed by atoms with Gasteiger partial charge >= 0.3 is 0 Å². The highest BCUT2D eigenvalue weighted by Gasteiger charge is 2.57. The Morgan fingerprint density at radius 3 is 2.45 bits per heavy atom. The molecule has 0 aromatic rings. The molecule has 1 spiro atoms. The molecule has 1 aliphatic heterocycles. The Morgan fingerprint density at radius 1 is 1.05 bits per heavy atom. The molecule has 3 rings (SSSR count). The molecule has 3 N–H and O–H groups in total. The molecule has 1 atom stereocenters. The fourth-order valence-electron chi connectivity index (χ4n) is 4.26. The van der Waals surface area contributed by atoms with Gasteiger partial charge in [-0.25, -0.2) is 0 Å². The van der Waals surface area contributed by atoms with Crippen LogP contribution in [0.25, 0.3) is 0 Å². The highest BCUT2D eigenvalue weighted by atomic mass is 16.2. The van der Waals surface area contributed by atoms with E-state index in [0.29, 0.717) is 30.8 Å². The van der Waals surface area contributed by atoms with Gasteiger partial charge in [0.2, 0.25) is 11.8 Å². The number of hydrogen-bond acceptors (Lipinski definition) is 3. The van der Waals surface area contributed by atoms with Gasteiger partial charge in [-0.05, 0) is 56.5 Å². The van der Waals surface area contributed by atoms with Crippen LogP contribution in [0.3, 0.4) is 0 Å². The molecule has 0 aromatic heterocycles. The van der Waals surface area contributed by atoms with Crippen LogP contribution in [0.1, 0.15) is 51.4 Å². The monoisotopic (exact) mass is 307 g/mol. The smallest absolute Gasteiger partial charge is 0.223 e. The molecule has 5 heteroatoms. The fourth-order valence-corrected chi connectivity index (χ4v) is 4.26. The van der Waals surface area contributed by atoms with Crippen molar-refractivity contribution in [3.8, 4) is 0 Å². The average Bonchev–Trinajstić information content (AvgIpc) is 2.96. The van der Waals surface area contributed by atoms with Crippen LogP contribution in [0.2, 0.25) is 0 Å². The van der Waals surface area contributed by atoms with Crippen LogP contribution in [0, 0.1) is 17.3 Å². The second-order valence-corrected chi connectivity index (χ2v) is 7.36. The molecular weight excluding hydrogens is 278 g/mol. The average molecular weight is 307 g/mol. The van der Waals surface area contributed by atoms with Crippen LogP contribution in [0.5, 0.6) is 0 Å². The highest BCUT2D eigenvalue weighted by Crippen LogP contribution is 2.58. The maximum atomic E-state index is 12.2. The molecule has 2 aliphatic carbocycles. The molecule has 1 heterocycles. The highest BCUT2D eigenvalue weighted by molar-refractivity contribution is 5.82. The molecular formula is C17H29N3O2. The van der Waals surface area contributed by atoms with E-state index in [1.165, 1.54) is 25.7 Å². The molecule has 0 radical (unpaired) electrons. The normalized spacial score (nSPS) is 26.8. The first-order valence-electron chi connectivity index (χ1n) is 8.95. The van der Waals surface area contributed by atoms with Gasteiger partial charge in [0.05, 0.1) is 0 Å². The predicted molar refractivity (Wildman–Crippen MR) is 85.2 cm³/mol. The van der Waals surface area contributed by atoms with Gasteiger partial charge in [-0.1, -0.05) is 12.8 Å². The van der Waals surface area contributed by atoms with E-state index in [1.807, 2.05) is 0 Å². The Bertz CT molecular complexity index is 412. The summed E-state index contributed by atoms with van der Waals surface area (Å²) in [6.07, 6.45) is 8.90. The van der Waals surface area contributed by atoms with Gasteiger partial charge in [0, 0.05) is 25.4 Å². The van der Waals surface area contributed by atoms with E-state index in [2.05, 4.69) is 16.0 Å². The van der Waals surface area contributed by atoms with Crippen LogP contribution in [-0.4, -0.2) is 38.0 Å². The lowest BCUT2D eigenvalue weighted by Gasteiger charge is -2.23. The molecule has 2 saturated carbocycles. The van der Waals surface area contributed by atoms with Crippen molar-refractivity contribution in [2.45, 2.75) is 51.4 Å². The molecule has 1 unspecified atom stereocenters. The van der Waals surface area contributed by atoms with Gasteiger partial charge in [0.15, 0.2) is 0 Å². The second-order valence-electron chi connectivity index (χ2n) is 7.36. The standard InChI is InChI=1S/C17H29N3O2/c21-15(11-13-3-1-2-4-13)19-9-10-20-16(22)14-12-17(14)5-7-18-8-6-17/h13-14,18H,1-12H2,(H,19,21)(H,20,22). The van der Waals surface area contributed by atoms with E-state index in [0.717, 1.165) is 32.4 Å². The van der Waals surface area contributed by atoms with Crippen molar-refractivity contribution in [1.29, 1.82) is 0 Å². The van der Waals surface area contributed by atoms with Crippen molar-refractivity contribution in [2.24, 2.45) is 17.3 Å². The van der Waals surface area contributed by atoms with E-state index < -0.39 is 0 Å². The minimum atomic E-state index is 0.141. The van der Waals surface area contributed by atoms with Crippen molar-refractivity contribution in [1.82, 2.24) is 16.0 Å². The van der Waals surface area contributed by atoms with Crippen LogP contribution in [0.4, 0.5) is 0 Å². The van der Waals surface area contributed by atoms with E-state index in [1.54, 1.807) is 0 Å². The number of nitrogens with one attached hydrogen (secondary N) is 3. The number of carbonyl (C=O) groups excluding carboxylic acids is 2. The second kappa shape index (κ2) is 6.99. The third-order valence-electron chi connectivity index (χ3n) is 5.80. The zero-order valence-electron chi connectivity index (χ0n) is 13.5. The fraction of sp³-hybridized carbons (Fsp3) is 0.882. The summed E-state index contributed by atoms with van der Waals surface area (Å²) < 4.78 is 0. The summed E-state index contributed by atoms with van der Waals surface area (Å²) in [6, 6.07) is 0. The molecule has 3 fully saturated rings. The lowest BCUT2D eigenvalue weighted by atomic mass is 9.92. The maximum absolute atomic E-state index is 12.2. The third kappa shape index (κ3) is 3.80. The summed E-state index contributed by atoms with van der Waals surface area (Å²) in [6.45, 7) is 3.20. The van der Waals surface area contributed by atoms with E-state index >= 15 is 0 Å². The predicted octanol–water partition coefficient (Wildman–Crippen LogP) is 1.19. The number of rotatable bonds is 6. The maximum Gasteiger partial charge on any atom is 0.223 e. The first-order chi connectivity index (χ1) is 10.7. The minimum Gasteiger partial charge on any atom is -0.354 e. The minimum absolute atomic E-state index is 0.141. The van der Waals surface area contributed by atoms with E-state index in [4.69, 9.17) is 0 Å². The Hall–Kier alpha value is -1.10. The topological polar surface area (TPSA) is 70.2 Å². The Balaban J connectivity index is 1.27. The van der Waals surface area contributed by atoms with Crippen LogP contribution in [0.15, 0.2) is 0 Å². The van der Waals surface area contributed by atoms with Crippen LogP contribution >= 0.6 is 0 Å². The summed E-state index contributed by atoms with van der Waals surface area (Å²) in [5.74, 6) is 1.12. The van der Waals surface area contributed by atoms with E-state index in [9.17, 15) is 9.59 Å². The Kier molecular flexibility index (Phi) is 5.01. The molecule has 2 amide bonds. The summed E-state index contributed by atoms with van der Waals surface area (Å²) in [5, 5.41) is 9.28. The van der Waals surface area contributed by atoms with Gasteiger partial charge in [0.25, 0.3) is 0 Å². The summed E-state index contributed by atoms with van der Waals surface area (Å²) in [4.78, 5) is 24.0. The largest absolute Gasteiger partial charge is 0.354 e. The number of amides is 2. The SMILES string of the molecule is O=C(CC1CCCC1)NCCNC(=O)C1CC12CCNCC2. The summed E-state index contributed by atoms with van der Waals surface area (Å²) in [7, 11) is 0. The number of hydrogen-bond donors (Lipinski definition) is 3. The van der Waals surface area contributed by atoms with Gasteiger partial charge in [0.1, 0.15) is 0 Å². The first kappa shape index (κ1) is 15.8. The third-order valence-corrected chi connectivity index (χ3v) is 5.80. The van der Waals surface area contributed by atoms with Crippen molar-refractivity contribution < 1.29 is 9.59 Å². The molecule has 0 bridgehead atoms.